The van der Waals surface area contributed by atoms with E-state index in [-0.39, 0.29) is 12.5 Å². The van der Waals surface area contributed by atoms with Gasteiger partial charge in [-0.3, -0.25) is 9.78 Å². The summed E-state index contributed by atoms with van der Waals surface area (Å²) < 4.78 is 6.59. The van der Waals surface area contributed by atoms with E-state index in [9.17, 15) is 4.79 Å². The van der Waals surface area contributed by atoms with E-state index >= 15 is 0 Å². The number of aromatic nitrogens is 1. The van der Waals surface area contributed by atoms with Gasteiger partial charge in [-0.2, -0.15) is 5.10 Å². The summed E-state index contributed by atoms with van der Waals surface area (Å²) in [4.78, 5) is 15.8. The number of nitrogens with one attached hydrogen (secondary N) is 1. The van der Waals surface area contributed by atoms with Crippen LogP contribution in [0.25, 0.3) is 0 Å². The Morgan fingerprint density at radius 3 is 3.04 bits per heavy atom. The van der Waals surface area contributed by atoms with Crippen LogP contribution in [-0.2, 0) is 17.6 Å². The summed E-state index contributed by atoms with van der Waals surface area (Å²) >= 11 is 3.61. The first-order valence-electron chi connectivity index (χ1n) is 7.89. The maximum atomic E-state index is 11.8. The Labute approximate surface area is 149 Å². The standard InChI is InChI=1S/C18H18BrN3O2/c19-18-15-6-2-1-5-14(15)7-8-16(18)24-12-17(23)22-21-11-13-4-3-9-20-10-13/h3-4,7-11H,1-2,5-6,12H2,(H,22,23)/b21-11-. The summed E-state index contributed by atoms with van der Waals surface area (Å²) in [6.45, 7) is -0.0816. The molecule has 0 saturated heterocycles. The molecule has 3 rings (SSSR count). The van der Waals surface area contributed by atoms with Gasteiger partial charge in [0.2, 0.25) is 0 Å². The number of halogens is 1. The summed E-state index contributed by atoms with van der Waals surface area (Å²) in [6.07, 6.45) is 9.47. The smallest absolute Gasteiger partial charge is 0.277 e. The largest absolute Gasteiger partial charge is 0.483 e. The number of rotatable bonds is 5. The lowest BCUT2D eigenvalue weighted by Crippen LogP contribution is -2.24. The molecule has 0 fully saturated rings. The van der Waals surface area contributed by atoms with Crippen LogP contribution in [0.5, 0.6) is 5.75 Å². The first kappa shape index (κ1) is 16.6. The molecule has 24 heavy (non-hydrogen) atoms. The maximum Gasteiger partial charge on any atom is 0.277 e. The van der Waals surface area contributed by atoms with Crippen molar-refractivity contribution < 1.29 is 9.53 Å². The highest BCUT2D eigenvalue weighted by Gasteiger charge is 2.16. The second kappa shape index (κ2) is 8.06. The van der Waals surface area contributed by atoms with Gasteiger partial charge in [-0.15, -0.1) is 0 Å². The van der Waals surface area contributed by atoms with Crippen molar-refractivity contribution in [1.29, 1.82) is 0 Å². The van der Waals surface area contributed by atoms with E-state index in [1.54, 1.807) is 24.7 Å². The van der Waals surface area contributed by atoms with Crippen LogP contribution in [0.3, 0.4) is 0 Å². The fourth-order valence-corrected chi connectivity index (χ4v) is 3.38. The lowest BCUT2D eigenvalue weighted by atomic mass is 9.92. The third kappa shape index (κ3) is 4.20. The minimum absolute atomic E-state index is 0.0816. The van der Waals surface area contributed by atoms with Gasteiger partial charge >= 0.3 is 0 Å². The molecule has 1 N–H and O–H groups in total. The molecule has 1 aromatic heterocycles. The quantitative estimate of drug-likeness (QED) is 0.632. The number of hydrazone groups is 1. The maximum absolute atomic E-state index is 11.8. The van der Waals surface area contributed by atoms with Crippen LogP contribution in [0.2, 0.25) is 0 Å². The highest BCUT2D eigenvalue weighted by molar-refractivity contribution is 9.10. The fraction of sp³-hybridized carbons (Fsp3) is 0.278. The van der Waals surface area contributed by atoms with Gasteiger partial charge in [0.05, 0.1) is 10.7 Å². The number of pyridine rings is 1. The van der Waals surface area contributed by atoms with E-state index in [0.29, 0.717) is 5.75 Å². The minimum Gasteiger partial charge on any atom is -0.483 e. The Hall–Kier alpha value is -2.21. The zero-order valence-corrected chi connectivity index (χ0v) is 14.8. The average Bonchev–Trinajstić information content (AvgIpc) is 2.62. The van der Waals surface area contributed by atoms with Crippen molar-refractivity contribution >= 4 is 28.1 Å². The lowest BCUT2D eigenvalue weighted by molar-refractivity contribution is -0.123. The highest BCUT2D eigenvalue weighted by Crippen LogP contribution is 2.35. The number of amides is 1. The highest BCUT2D eigenvalue weighted by atomic mass is 79.9. The predicted molar refractivity (Wildman–Crippen MR) is 96.3 cm³/mol. The number of carbonyl (C=O) groups is 1. The minimum atomic E-state index is -0.306. The molecule has 0 saturated carbocycles. The normalized spacial score (nSPS) is 13.5. The first-order valence-corrected chi connectivity index (χ1v) is 8.68. The third-order valence-corrected chi connectivity index (χ3v) is 4.74. The SMILES string of the molecule is O=C(COc1ccc2c(c1Br)CCCC2)N/N=C\c1cccnc1. The molecular formula is C18H18BrN3O2. The Morgan fingerprint density at radius 1 is 1.33 bits per heavy atom. The van der Waals surface area contributed by atoms with E-state index < -0.39 is 0 Å². The van der Waals surface area contributed by atoms with Gasteiger partial charge in [0.1, 0.15) is 5.75 Å². The van der Waals surface area contributed by atoms with Crippen molar-refractivity contribution in [2.24, 2.45) is 5.10 Å². The van der Waals surface area contributed by atoms with Gasteiger partial charge in [0.15, 0.2) is 6.61 Å². The molecule has 2 aromatic rings. The molecule has 5 nitrogen and oxygen atoms in total. The summed E-state index contributed by atoms with van der Waals surface area (Å²) in [5, 5.41) is 3.89. The number of hydrogen-bond acceptors (Lipinski definition) is 4. The molecule has 0 radical (unpaired) electrons. The molecular weight excluding hydrogens is 370 g/mol. The molecule has 1 heterocycles. The van der Waals surface area contributed by atoms with Crippen LogP contribution in [0.1, 0.15) is 29.5 Å². The van der Waals surface area contributed by atoms with Crippen LogP contribution in [0.4, 0.5) is 0 Å². The molecule has 1 amide bonds. The van der Waals surface area contributed by atoms with Crippen molar-refractivity contribution in [3.8, 4) is 5.75 Å². The number of nitrogens with zero attached hydrogens (tertiary/aromatic N) is 2. The average molecular weight is 388 g/mol. The molecule has 124 valence electrons. The molecule has 0 spiro atoms. The molecule has 0 bridgehead atoms. The van der Waals surface area contributed by atoms with Crippen molar-refractivity contribution in [2.75, 3.05) is 6.61 Å². The number of fused-ring (bicyclic) bond motifs is 1. The predicted octanol–water partition coefficient (Wildman–Crippen LogP) is 3.25. The molecule has 6 heteroatoms. The van der Waals surface area contributed by atoms with E-state index in [1.165, 1.54) is 24.0 Å². The topological polar surface area (TPSA) is 63.6 Å². The Bertz CT molecular complexity index is 747. The monoisotopic (exact) mass is 387 g/mol. The van der Waals surface area contributed by atoms with Gasteiger partial charge < -0.3 is 4.74 Å². The number of carbonyl (C=O) groups excluding carboxylic acids is 1. The summed E-state index contributed by atoms with van der Waals surface area (Å²) in [5.74, 6) is 0.391. The zero-order chi connectivity index (χ0) is 16.8. The van der Waals surface area contributed by atoms with E-state index in [1.807, 2.05) is 12.1 Å². The first-order chi connectivity index (χ1) is 11.7. The number of aryl methyl sites for hydroxylation is 1. The van der Waals surface area contributed by atoms with Crippen molar-refractivity contribution in [1.82, 2.24) is 10.4 Å². The van der Waals surface area contributed by atoms with E-state index in [2.05, 4.69) is 37.5 Å². The van der Waals surface area contributed by atoms with Gasteiger partial charge in [-0.25, -0.2) is 5.43 Å². The Kier molecular flexibility index (Phi) is 5.59. The van der Waals surface area contributed by atoms with Gasteiger partial charge in [-0.05, 0) is 64.9 Å². The number of hydrogen-bond donors (Lipinski definition) is 1. The van der Waals surface area contributed by atoms with Crippen molar-refractivity contribution in [2.45, 2.75) is 25.7 Å². The van der Waals surface area contributed by atoms with Crippen LogP contribution < -0.4 is 10.2 Å². The van der Waals surface area contributed by atoms with Crippen molar-refractivity contribution in [3.05, 3.63) is 57.8 Å². The third-order valence-electron chi connectivity index (χ3n) is 3.87. The Morgan fingerprint density at radius 2 is 2.21 bits per heavy atom. The molecule has 1 aliphatic rings. The number of ether oxygens (including phenoxy) is 1. The Balaban J connectivity index is 1.54. The fourth-order valence-electron chi connectivity index (χ4n) is 2.68. The molecule has 0 atom stereocenters. The van der Waals surface area contributed by atoms with E-state index in [4.69, 9.17) is 4.74 Å². The summed E-state index contributed by atoms with van der Waals surface area (Å²) in [7, 11) is 0. The van der Waals surface area contributed by atoms with Crippen molar-refractivity contribution in [3.63, 3.8) is 0 Å². The molecule has 0 aliphatic heterocycles. The zero-order valence-electron chi connectivity index (χ0n) is 13.2. The van der Waals surface area contributed by atoms with Crippen LogP contribution in [0.15, 0.2) is 46.2 Å². The van der Waals surface area contributed by atoms with Gasteiger partial charge in [-0.1, -0.05) is 12.1 Å². The van der Waals surface area contributed by atoms with Crippen LogP contribution in [0, 0.1) is 0 Å². The molecule has 1 aromatic carbocycles. The summed E-state index contributed by atoms with van der Waals surface area (Å²) in [5.41, 5.74) is 5.93. The van der Waals surface area contributed by atoms with Gasteiger partial charge in [0, 0.05) is 18.0 Å². The number of benzene rings is 1. The molecule has 1 aliphatic carbocycles. The van der Waals surface area contributed by atoms with Gasteiger partial charge in [0.25, 0.3) is 5.91 Å². The second-order valence-corrected chi connectivity index (χ2v) is 6.38. The van der Waals surface area contributed by atoms with Crippen LogP contribution >= 0.6 is 15.9 Å². The lowest BCUT2D eigenvalue weighted by Gasteiger charge is -2.19. The molecule has 0 unspecified atom stereocenters. The summed E-state index contributed by atoms with van der Waals surface area (Å²) in [6, 6.07) is 7.66. The van der Waals surface area contributed by atoms with Crippen LogP contribution in [-0.4, -0.2) is 23.7 Å². The second-order valence-electron chi connectivity index (χ2n) is 5.59. The van der Waals surface area contributed by atoms with E-state index in [0.717, 1.165) is 22.9 Å².